The second-order valence-electron chi connectivity index (χ2n) is 5.28. The maximum absolute atomic E-state index is 12.5. The molecular formula is C15H21N3O4. The molecule has 1 amide bonds. The fraction of sp³-hybridized carbons (Fsp3) is 0.600. The predicted octanol–water partition coefficient (Wildman–Crippen LogP) is 0.578. The molecule has 1 fully saturated rings. The Kier molecular flexibility index (Phi) is 5.68. The third-order valence-electron chi connectivity index (χ3n) is 3.74. The molecule has 7 nitrogen and oxygen atoms in total. The molecule has 1 atom stereocenters. The first-order valence-corrected chi connectivity index (χ1v) is 7.58. The van der Waals surface area contributed by atoms with Crippen LogP contribution in [0.15, 0.2) is 23.3 Å². The molecule has 1 saturated heterocycles. The number of amides is 1. The summed E-state index contributed by atoms with van der Waals surface area (Å²) in [5, 5.41) is 0. The molecule has 0 bridgehead atoms. The molecule has 1 aromatic heterocycles. The van der Waals surface area contributed by atoms with Gasteiger partial charge in [-0.15, -0.1) is 0 Å². The van der Waals surface area contributed by atoms with Crippen molar-refractivity contribution >= 4 is 11.9 Å². The molecule has 1 aliphatic heterocycles. The van der Waals surface area contributed by atoms with Crippen molar-refractivity contribution in [2.24, 2.45) is 0 Å². The Balaban J connectivity index is 2.03. The van der Waals surface area contributed by atoms with Crippen molar-refractivity contribution in [1.82, 2.24) is 14.5 Å². The Labute approximate surface area is 128 Å². The Morgan fingerprint density at radius 3 is 2.95 bits per heavy atom. The average Bonchev–Trinajstić information content (AvgIpc) is 2.50. The number of rotatable bonds is 5. The normalized spacial score (nSPS) is 18.0. The van der Waals surface area contributed by atoms with E-state index in [0.717, 1.165) is 19.3 Å². The zero-order valence-corrected chi connectivity index (χ0v) is 12.7. The molecule has 120 valence electrons. The minimum absolute atomic E-state index is 0.0496. The van der Waals surface area contributed by atoms with Crippen molar-refractivity contribution in [3.63, 3.8) is 0 Å². The van der Waals surface area contributed by atoms with Gasteiger partial charge in [-0.1, -0.05) is 0 Å². The summed E-state index contributed by atoms with van der Waals surface area (Å²) in [6, 6.07) is 1.47. The number of nitrogens with zero attached hydrogens (tertiary/aromatic N) is 3. The fourth-order valence-corrected chi connectivity index (χ4v) is 2.70. The second kappa shape index (κ2) is 7.72. The van der Waals surface area contributed by atoms with Crippen LogP contribution >= 0.6 is 0 Å². The van der Waals surface area contributed by atoms with Crippen LogP contribution < -0.4 is 5.69 Å². The monoisotopic (exact) mass is 307 g/mol. The summed E-state index contributed by atoms with van der Waals surface area (Å²) in [4.78, 5) is 41.0. The van der Waals surface area contributed by atoms with Crippen LogP contribution in [0, 0.1) is 0 Å². The highest BCUT2D eigenvalue weighted by Crippen LogP contribution is 2.20. The molecule has 0 radical (unpaired) electrons. The molecule has 0 spiro atoms. The number of piperidine rings is 1. The van der Waals surface area contributed by atoms with Gasteiger partial charge in [-0.05, 0) is 32.3 Å². The van der Waals surface area contributed by atoms with E-state index in [-0.39, 0.29) is 30.9 Å². The van der Waals surface area contributed by atoms with Crippen molar-refractivity contribution in [3.8, 4) is 0 Å². The summed E-state index contributed by atoms with van der Waals surface area (Å²) >= 11 is 0. The molecule has 22 heavy (non-hydrogen) atoms. The van der Waals surface area contributed by atoms with Gasteiger partial charge < -0.3 is 9.64 Å². The molecule has 0 N–H and O–H groups in total. The lowest BCUT2D eigenvalue weighted by molar-refractivity contribution is -0.146. The second-order valence-corrected chi connectivity index (χ2v) is 5.28. The summed E-state index contributed by atoms with van der Waals surface area (Å²) in [5.41, 5.74) is -0.449. The van der Waals surface area contributed by atoms with Gasteiger partial charge in [0.15, 0.2) is 0 Å². The Hall–Kier alpha value is -2.18. The molecule has 0 aromatic carbocycles. The Bertz CT molecular complexity index is 584. The molecule has 1 aliphatic rings. The van der Waals surface area contributed by atoms with Gasteiger partial charge in [0.25, 0.3) is 0 Å². The molecule has 2 rings (SSSR count). The molecule has 0 aliphatic carbocycles. The van der Waals surface area contributed by atoms with Gasteiger partial charge in [0.1, 0.15) is 6.54 Å². The topological polar surface area (TPSA) is 81.5 Å². The number of hydrogen-bond donors (Lipinski definition) is 0. The number of ether oxygens (including phenoxy) is 1. The van der Waals surface area contributed by atoms with Crippen LogP contribution in [0.25, 0.3) is 0 Å². The van der Waals surface area contributed by atoms with Gasteiger partial charge in [0.2, 0.25) is 5.91 Å². The van der Waals surface area contributed by atoms with Crippen molar-refractivity contribution in [1.29, 1.82) is 0 Å². The first kappa shape index (κ1) is 16.2. The number of carbonyl (C=O) groups is 2. The van der Waals surface area contributed by atoms with E-state index < -0.39 is 5.69 Å². The number of aromatic nitrogens is 2. The van der Waals surface area contributed by atoms with Crippen LogP contribution in [0.5, 0.6) is 0 Å². The van der Waals surface area contributed by atoms with Crippen LogP contribution in [0.1, 0.15) is 32.6 Å². The highest BCUT2D eigenvalue weighted by Gasteiger charge is 2.29. The predicted molar refractivity (Wildman–Crippen MR) is 79.1 cm³/mol. The number of esters is 1. The number of likely N-dealkylation sites (tertiary alicyclic amines) is 1. The minimum Gasteiger partial charge on any atom is -0.466 e. The molecule has 7 heteroatoms. The van der Waals surface area contributed by atoms with Crippen molar-refractivity contribution in [2.75, 3.05) is 13.2 Å². The SMILES string of the molecule is CCOC(=O)C[C@@H]1CCCCN1C(=O)Cn1cccnc1=O. The van der Waals surface area contributed by atoms with Crippen LogP contribution in [-0.4, -0.2) is 45.5 Å². The third kappa shape index (κ3) is 4.16. The van der Waals surface area contributed by atoms with Gasteiger partial charge >= 0.3 is 11.7 Å². The number of hydrogen-bond acceptors (Lipinski definition) is 5. The maximum Gasteiger partial charge on any atom is 0.347 e. The lowest BCUT2D eigenvalue weighted by Gasteiger charge is -2.35. The lowest BCUT2D eigenvalue weighted by atomic mass is 9.99. The van der Waals surface area contributed by atoms with Gasteiger partial charge in [0, 0.05) is 25.0 Å². The maximum atomic E-state index is 12.5. The third-order valence-corrected chi connectivity index (χ3v) is 3.74. The van der Waals surface area contributed by atoms with Crippen LogP contribution in [-0.2, 0) is 20.9 Å². The van der Waals surface area contributed by atoms with Crippen LogP contribution in [0.4, 0.5) is 0 Å². The van der Waals surface area contributed by atoms with E-state index in [1.54, 1.807) is 17.9 Å². The van der Waals surface area contributed by atoms with E-state index >= 15 is 0 Å². The molecule has 2 heterocycles. The molecule has 0 unspecified atom stereocenters. The van der Waals surface area contributed by atoms with Crippen LogP contribution in [0.3, 0.4) is 0 Å². The van der Waals surface area contributed by atoms with Crippen molar-refractivity contribution in [2.45, 2.75) is 45.2 Å². The van der Waals surface area contributed by atoms with Crippen LogP contribution in [0.2, 0.25) is 0 Å². The smallest absolute Gasteiger partial charge is 0.347 e. The first-order valence-electron chi connectivity index (χ1n) is 7.58. The summed E-state index contributed by atoms with van der Waals surface area (Å²) in [5.74, 6) is -0.449. The van der Waals surface area contributed by atoms with E-state index in [4.69, 9.17) is 4.74 Å². The van der Waals surface area contributed by atoms with Gasteiger partial charge in [-0.2, -0.15) is 0 Å². The Morgan fingerprint density at radius 2 is 2.23 bits per heavy atom. The zero-order valence-electron chi connectivity index (χ0n) is 12.7. The highest BCUT2D eigenvalue weighted by molar-refractivity contribution is 5.78. The van der Waals surface area contributed by atoms with Crippen molar-refractivity contribution < 1.29 is 14.3 Å². The van der Waals surface area contributed by atoms with E-state index in [2.05, 4.69) is 4.98 Å². The van der Waals surface area contributed by atoms with E-state index in [9.17, 15) is 14.4 Å². The summed E-state index contributed by atoms with van der Waals surface area (Å²) in [6.07, 6.45) is 5.83. The van der Waals surface area contributed by atoms with E-state index in [1.165, 1.54) is 17.0 Å². The fourth-order valence-electron chi connectivity index (χ4n) is 2.70. The molecular weight excluding hydrogens is 286 g/mol. The van der Waals surface area contributed by atoms with E-state index in [1.807, 2.05) is 0 Å². The zero-order chi connectivity index (χ0) is 15.9. The minimum atomic E-state index is -0.449. The average molecular weight is 307 g/mol. The first-order chi connectivity index (χ1) is 10.6. The Morgan fingerprint density at radius 1 is 1.41 bits per heavy atom. The highest BCUT2D eigenvalue weighted by atomic mass is 16.5. The van der Waals surface area contributed by atoms with Gasteiger partial charge in [-0.25, -0.2) is 9.78 Å². The lowest BCUT2D eigenvalue weighted by Crippen LogP contribution is -2.47. The largest absolute Gasteiger partial charge is 0.466 e. The molecule has 0 saturated carbocycles. The number of carbonyl (C=O) groups excluding carboxylic acids is 2. The summed E-state index contributed by atoms with van der Waals surface area (Å²) in [6.45, 7) is 2.66. The quantitative estimate of drug-likeness (QED) is 0.743. The van der Waals surface area contributed by atoms with Gasteiger partial charge in [0.05, 0.1) is 13.0 Å². The van der Waals surface area contributed by atoms with Gasteiger partial charge in [-0.3, -0.25) is 14.2 Å². The summed E-state index contributed by atoms with van der Waals surface area (Å²) in [7, 11) is 0. The standard InChI is InChI=1S/C15H21N3O4/c1-2-22-14(20)10-12-6-3-4-9-18(12)13(19)11-17-8-5-7-16-15(17)21/h5,7-8,12H,2-4,6,9-11H2,1H3/t12-/m0/s1. The molecule has 1 aromatic rings. The summed E-state index contributed by atoms with van der Waals surface area (Å²) < 4.78 is 6.24. The van der Waals surface area contributed by atoms with E-state index in [0.29, 0.717) is 13.2 Å². The van der Waals surface area contributed by atoms with Crippen molar-refractivity contribution in [3.05, 3.63) is 28.9 Å².